The summed E-state index contributed by atoms with van der Waals surface area (Å²) in [6.45, 7) is 8.82. The van der Waals surface area contributed by atoms with Gasteiger partial charge in [-0.1, -0.05) is 19.9 Å². The predicted molar refractivity (Wildman–Crippen MR) is 88.1 cm³/mol. The molecule has 0 aliphatic carbocycles. The van der Waals surface area contributed by atoms with E-state index in [0.29, 0.717) is 24.0 Å². The minimum Gasteiger partial charge on any atom is -0.491 e. The standard InChI is InChI=1S/C17H26N2O2/c1-12(2)9-10-21-16-7-5-14(11-15(16)18)6-8-17(20)19-13(3)4/h5-8,11-13H,9-10,18H2,1-4H3,(H,19,20)/b8-6-. The van der Waals surface area contributed by atoms with E-state index in [9.17, 15) is 4.79 Å². The summed E-state index contributed by atoms with van der Waals surface area (Å²) in [5.41, 5.74) is 7.43. The number of nitrogens with one attached hydrogen (secondary N) is 1. The van der Waals surface area contributed by atoms with E-state index in [2.05, 4.69) is 19.2 Å². The highest BCUT2D eigenvalue weighted by Gasteiger charge is 2.03. The number of nitrogen functional groups attached to an aromatic ring is 1. The van der Waals surface area contributed by atoms with Crippen molar-refractivity contribution >= 4 is 17.7 Å². The molecular formula is C17H26N2O2. The van der Waals surface area contributed by atoms with Gasteiger partial charge in [0.05, 0.1) is 12.3 Å². The monoisotopic (exact) mass is 290 g/mol. The lowest BCUT2D eigenvalue weighted by Crippen LogP contribution is -2.28. The molecule has 0 saturated heterocycles. The van der Waals surface area contributed by atoms with Gasteiger partial charge < -0.3 is 15.8 Å². The Labute approximate surface area is 127 Å². The molecule has 0 spiro atoms. The quantitative estimate of drug-likeness (QED) is 0.598. The maximum Gasteiger partial charge on any atom is 0.244 e. The van der Waals surface area contributed by atoms with Crippen LogP contribution >= 0.6 is 0 Å². The summed E-state index contributed by atoms with van der Waals surface area (Å²) in [7, 11) is 0. The van der Waals surface area contributed by atoms with Crippen LogP contribution in [0.2, 0.25) is 0 Å². The molecule has 4 heteroatoms. The van der Waals surface area contributed by atoms with Crippen LogP contribution < -0.4 is 15.8 Å². The van der Waals surface area contributed by atoms with Crippen LogP contribution in [-0.4, -0.2) is 18.6 Å². The first-order valence-corrected chi connectivity index (χ1v) is 7.39. The van der Waals surface area contributed by atoms with Crippen LogP contribution in [0.15, 0.2) is 24.3 Å². The van der Waals surface area contributed by atoms with Gasteiger partial charge in [0.1, 0.15) is 5.75 Å². The SMILES string of the molecule is CC(C)CCOc1ccc(/C=C\C(=O)NC(C)C)cc1N. The van der Waals surface area contributed by atoms with Crippen molar-refractivity contribution in [3.63, 3.8) is 0 Å². The number of ether oxygens (including phenoxy) is 1. The zero-order valence-corrected chi connectivity index (χ0v) is 13.3. The van der Waals surface area contributed by atoms with Crippen LogP contribution in [-0.2, 0) is 4.79 Å². The minimum atomic E-state index is -0.110. The molecule has 21 heavy (non-hydrogen) atoms. The largest absolute Gasteiger partial charge is 0.491 e. The van der Waals surface area contributed by atoms with Crippen LogP contribution in [0.25, 0.3) is 6.08 Å². The highest BCUT2D eigenvalue weighted by molar-refractivity contribution is 5.92. The number of anilines is 1. The Hall–Kier alpha value is -1.97. The first-order chi connectivity index (χ1) is 9.88. The van der Waals surface area contributed by atoms with E-state index in [1.54, 1.807) is 6.08 Å². The van der Waals surface area contributed by atoms with E-state index in [4.69, 9.17) is 10.5 Å². The van der Waals surface area contributed by atoms with Crippen molar-refractivity contribution in [1.82, 2.24) is 5.32 Å². The zero-order chi connectivity index (χ0) is 15.8. The van der Waals surface area contributed by atoms with Gasteiger partial charge in [0.2, 0.25) is 5.91 Å². The second-order valence-electron chi connectivity index (χ2n) is 5.82. The molecule has 1 amide bonds. The Morgan fingerprint density at radius 2 is 2.05 bits per heavy atom. The topological polar surface area (TPSA) is 64.3 Å². The second-order valence-corrected chi connectivity index (χ2v) is 5.82. The van der Waals surface area contributed by atoms with Gasteiger partial charge in [-0.05, 0) is 50.0 Å². The Morgan fingerprint density at radius 3 is 2.62 bits per heavy atom. The molecule has 0 bridgehead atoms. The number of hydrogen-bond acceptors (Lipinski definition) is 3. The molecular weight excluding hydrogens is 264 g/mol. The normalized spacial score (nSPS) is 11.3. The lowest BCUT2D eigenvalue weighted by Gasteiger charge is -2.10. The predicted octanol–water partition coefficient (Wildman–Crippen LogP) is 3.23. The molecule has 3 N–H and O–H groups in total. The van der Waals surface area contributed by atoms with Gasteiger partial charge in [-0.15, -0.1) is 0 Å². The fraction of sp³-hybridized carbons (Fsp3) is 0.471. The molecule has 0 saturated carbocycles. The van der Waals surface area contributed by atoms with Crippen LogP contribution in [0.1, 0.15) is 39.7 Å². The Morgan fingerprint density at radius 1 is 1.33 bits per heavy atom. The van der Waals surface area contributed by atoms with Crippen LogP contribution in [0, 0.1) is 5.92 Å². The third-order valence-corrected chi connectivity index (χ3v) is 2.84. The van der Waals surface area contributed by atoms with Crippen molar-refractivity contribution in [2.45, 2.75) is 40.2 Å². The summed E-state index contributed by atoms with van der Waals surface area (Å²) < 4.78 is 5.65. The Balaban J connectivity index is 2.61. The first-order valence-electron chi connectivity index (χ1n) is 7.39. The molecule has 0 atom stereocenters. The third-order valence-electron chi connectivity index (χ3n) is 2.84. The van der Waals surface area contributed by atoms with Crippen molar-refractivity contribution in [2.24, 2.45) is 5.92 Å². The second kappa shape index (κ2) is 8.35. The number of rotatable bonds is 7. The van der Waals surface area contributed by atoms with E-state index >= 15 is 0 Å². The smallest absolute Gasteiger partial charge is 0.244 e. The average Bonchev–Trinajstić information content (AvgIpc) is 2.37. The van der Waals surface area contributed by atoms with Gasteiger partial charge in [0, 0.05) is 12.1 Å². The maximum atomic E-state index is 11.5. The van der Waals surface area contributed by atoms with Crippen LogP contribution in [0.4, 0.5) is 5.69 Å². The molecule has 1 aromatic rings. The first kappa shape index (κ1) is 17.1. The van der Waals surface area contributed by atoms with Gasteiger partial charge in [-0.25, -0.2) is 0 Å². The van der Waals surface area contributed by atoms with Crippen molar-refractivity contribution in [3.8, 4) is 5.75 Å². The molecule has 1 rings (SSSR count). The van der Waals surface area contributed by atoms with Crippen molar-refractivity contribution < 1.29 is 9.53 Å². The maximum absolute atomic E-state index is 11.5. The minimum absolute atomic E-state index is 0.110. The van der Waals surface area contributed by atoms with Crippen molar-refractivity contribution in [2.75, 3.05) is 12.3 Å². The Bertz CT molecular complexity index is 494. The zero-order valence-electron chi connectivity index (χ0n) is 13.3. The molecule has 0 heterocycles. The fourth-order valence-electron chi connectivity index (χ4n) is 1.71. The lowest BCUT2D eigenvalue weighted by atomic mass is 10.1. The Kier molecular flexibility index (Phi) is 6.79. The van der Waals surface area contributed by atoms with E-state index in [1.807, 2.05) is 32.0 Å². The molecule has 0 unspecified atom stereocenters. The van der Waals surface area contributed by atoms with Gasteiger partial charge in [-0.2, -0.15) is 0 Å². The van der Waals surface area contributed by atoms with E-state index in [1.165, 1.54) is 6.08 Å². The molecule has 0 aromatic heterocycles. The van der Waals surface area contributed by atoms with Crippen molar-refractivity contribution in [1.29, 1.82) is 0 Å². The number of hydrogen-bond donors (Lipinski definition) is 2. The van der Waals surface area contributed by atoms with Gasteiger partial charge >= 0.3 is 0 Å². The summed E-state index contributed by atoms with van der Waals surface area (Å²) in [5.74, 6) is 1.19. The highest BCUT2D eigenvalue weighted by atomic mass is 16.5. The van der Waals surface area contributed by atoms with Gasteiger partial charge in [0.15, 0.2) is 0 Å². The van der Waals surface area contributed by atoms with E-state index < -0.39 is 0 Å². The summed E-state index contributed by atoms with van der Waals surface area (Å²) >= 11 is 0. The molecule has 0 fully saturated rings. The third kappa shape index (κ3) is 6.84. The number of benzene rings is 1. The molecule has 1 aromatic carbocycles. The molecule has 0 aliphatic heterocycles. The van der Waals surface area contributed by atoms with Gasteiger partial charge in [0.25, 0.3) is 0 Å². The number of amides is 1. The summed E-state index contributed by atoms with van der Waals surface area (Å²) in [6.07, 6.45) is 4.25. The van der Waals surface area contributed by atoms with Crippen molar-refractivity contribution in [3.05, 3.63) is 29.8 Å². The van der Waals surface area contributed by atoms with Gasteiger partial charge in [-0.3, -0.25) is 4.79 Å². The number of carbonyl (C=O) groups excluding carboxylic acids is 1. The highest BCUT2D eigenvalue weighted by Crippen LogP contribution is 2.23. The van der Waals surface area contributed by atoms with Crippen LogP contribution in [0.3, 0.4) is 0 Å². The molecule has 0 aliphatic rings. The summed E-state index contributed by atoms with van der Waals surface area (Å²) in [4.78, 5) is 11.5. The number of nitrogens with two attached hydrogens (primary N) is 1. The van der Waals surface area contributed by atoms with Crippen LogP contribution in [0.5, 0.6) is 5.75 Å². The summed E-state index contributed by atoms with van der Waals surface area (Å²) in [5, 5.41) is 2.80. The lowest BCUT2D eigenvalue weighted by molar-refractivity contribution is -0.116. The number of carbonyl (C=O) groups is 1. The molecule has 0 radical (unpaired) electrons. The van der Waals surface area contributed by atoms with E-state index in [0.717, 1.165) is 12.0 Å². The fourth-order valence-corrected chi connectivity index (χ4v) is 1.71. The molecule has 4 nitrogen and oxygen atoms in total. The summed E-state index contributed by atoms with van der Waals surface area (Å²) in [6, 6.07) is 5.67. The van der Waals surface area contributed by atoms with E-state index in [-0.39, 0.29) is 11.9 Å². The average molecular weight is 290 g/mol. The molecule has 116 valence electrons.